The van der Waals surface area contributed by atoms with Crippen LogP contribution < -0.4 is 10.3 Å². The zero-order valence-electron chi connectivity index (χ0n) is 14.4. The number of aromatic nitrogens is 4. The largest absolute Gasteiger partial charge is 0.481 e. The first kappa shape index (κ1) is 15.2. The van der Waals surface area contributed by atoms with Gasteiger partial charge in [-0.2, -0.15) is 4.98 Å². The lowest BCUT2D eigenvalue weighted by molar-refractivity contribution is 0.277. The Hall–Kier alpha value is -2.37. The minimum atomic E-state index is 0.0334. The van der Waals surface area contributed by atoms with E-state index in [1.165, 1.54) is 19.3 Å². The quantitative estimate of drug-likeness (QED) is 0.739. The van der Waals surface area contributed by atoms with E-state index >= 15 is 0 Å². The Labute approximate surface area is 140 Å². The van der Waals surface area contributed by atoms with E-state index in [2.05, 4.69) is 9.97 Å². The highest BCUT2D eigenvalue weighted by Crippen LogP contribution is 2.29. The first-order valence-corrected chi connectivity index (χ1v) is 8.59. The molecule has 0 unspecified atom stereocenters. The van der Waals surface area contributed by atoms with Crippen molar-refractivity contribution in [1.82, 2.24) is 18.9 Å². The van der Waals surface area contributed by atoms with Gasteiger partial charge in [-0.05, 0) is 31.7 Å². The maximum absolute atomic E-state index is 13.2. The highest BCUT2D eigenvalue weighted by molar-refractivity contribution is 5.77. The number of pyridine rings is 1. The number of rotatable bonds is 4. The maximum Gasteiger partial charge on any atom is 0.277 e. The van der Waals surface area contributed by atoms with E-state index in [-0.39, 0.29) is 5.56 Å². The van der Waals surface area contributed by atoms with E-state index < -0.39 is 0 Å². The summed E-state index contributed by atoms with van der Waals surface area (Å²) in [5, 5.41) is 0. The first-order chi connectivity index (χ1) is 11.6. The van der Waals surface area contributed by atoms with Gasteiger partial charge in [0.15, 0.2) is 5.65 Å². The van der Waals surface area contributed by atoms with Gasteiger partial charge >= 0.3 is 0 Å². The minimum absolute atomic E-state index is 0.0334. The van der Waals surface area contributed by atoms with E-state index in [9.17, 15) is 4.79 Å². The van der Waals surface area contributed by atoms with Crippen LogP contribution in [0.25, 0.3) is 16.7 Å². The number of hydrogen-bond donors (Lipinski definition) is 0. The molecule has 6 nitrogen and oxygen atoms in total. The van der Waals surface area contributed by atoms with E-state index in [4.69, 9.17) is 4.74 Å². The molecule has 0 bridgehead atoms. The Morgan fingerprint density at radius 1 is 1.29 bits per heavy atom. The zero-order valence-corrected chi connectivity index (χ0v) is 14.4. The predicted octanol–water partition coefficient (Wildman–Crippen LogP) is 2.72. The van der Waals surface area contributed by atoms with Crippen molar-refractivity contribution in [3.8, 4) is 5.88 Å². The van der Waals surface area contributed by atoms with Gasteiger partial charge in [-0.15, -0.1) is 0 Å². The molecule has 6 heteroatoms. The van der Waals surface area contributed by atoms with Crippen molar-refractivity contribution < 1.29 is 4.74 Å². The molecule has 0 aliphatic heterocycles. The molecule has 1 fully saturated rings. The van der Waals surface area contributed by atoms with Crippen LogP contribution in [0.3, 0.4) is 0 Å². The highest BCUT2D eigenvalue weighted by atomic mass is 16.5. The van der Waals surface area contributed by atoms with Gasteiger partial charge in [-0.25, -0.2) is 4.98 Å². The first-order valence-electron chi connectivity index (χ1n) is 8.59. The lowest BCUT2D eigenvalue weighted by Gasteiger charge is -2.26. The molecular formula is C18H22N4O2. The van der Waals surface area contributed by atoms with Crippen LogP contribution in [0.2, 0.25) is 0 Å². The van der Waals surface area contributed by atoms with Gasteiger partial charge in [-0.1, -0.05) is 13.3 Å². The van der Waals surface area contributed by atoms with Crippen LogP contribution in [0.5, 0.6) is 5.88 Å². The monoisotopic (exact) mass is 326 g/mol. The fourth-order valence-corrected chi connectivity index (χ4v) is 3.57. The van der Waals surface area contributed by atoms with Gasteiger partial charge in [0.25, 0.3) is 5.56 Å². The molecule has 1 aliphatic carbocycles. The number of ether oxygens (including phenoxy) is 1. The molecule has 126 valence electrons. The van der Waals surface area contributed by atoms with Crippen LogP contribution in [-0.2, 0) is 13.0 Å². The zero-order chi connectivity index (χ0) is 16.8. The molecule has 1 saturated carbocycles. The summed E-state index contributed by atoms with van der Waals surface area (Å²) in [6.07, 6.45) is 4.40. The molecule has 3 aromatic heterocycles. The summed E-state index contributed by atoms with van der Waals surface area (Å²) in [4.78, 5) is 22.4. The number of fused-ring (bicyclic) bond motifs is 3. The van der Waals surface area contributed by atoms with Gasteiger partial charge in [0.2, 0.25) is 5.88 Å². The highest BCUT2D eigenvalue weighted by Gasteiger charge is 2.23. The summed E-state index contributed by atoms with van der Waals surface area (Å²) in [7, 11) is 1.61. The van der Waals surface area contributed by atoms with Crippen LogP contribution in [0.1, 0.15) is 37.7 Å². The summed E-state index contributed by atoms with van der Waals surface area (Å²) in [6, 6.07) is 3.76. The molecule has 24 heavy (non-hydrogen) atoms. The minimum Gasteiger partial charge on any atom is -0.481 e. The Kier molecular flexibility index (Phi) is 3.55. The van der Waals surface area contributed by atoms with Crippen molar-refractivity contribution >= 4 is 16.7 Å². The van der Waals surface area contributed by atoms with Gasteiger partial charge in [0.05, 0.1) is 18.3 Å². The lowest BCUT2D eigenvalue weighted by atomic mass is 9.85. The summed E-state index contributed by atoms with van der Waals surface area (Å²) in [6.45, 7) is 4.70. The lowest BCUT2D eigenvalue weighted by Crippen LogP contribution is -2.29. The molecule has 0 N–H and O–H groups in total. The van der Waals surface area contributed by atoms with Crippen LogP contribution in [0.4, 0.5) is 0 Å². The molecule has 4 rings (SSSR count). The van der Waals surface area contributed by atoms with Crippen LogP contribution >= 0.6 is 0 Å². The van der Waals surface area contributed by atoms with Crippen LogP contribution in [-0.4, -0.2) is 26.0 Å². The van der Waals surface area contributed by atoms with Gasteiger partial charge in [-0.3, -0.25) is 9.20 Å². The van der Waals surface area contributed by atoms with Crippen molar-refractivity contribution in [3.05, 3.63) is 34.0 Å². The van der Waals surface area contributed by atoms with E-state index in [1.54, 1.807) is 7.11 Å². The summed E-state index contributed by atoms with van der Waals surface area (Å²) in [5.41, 5.74) is 3.05. The van der Waals surface area contributed by atoms with E-state index in [1.807, 2.05) is 34.9 Å². The van der Waals surface area contributed by atoms with Crippen molar-refractivity contribution in [3.63, 3.8) is 0 Å². The second-order valence-electron chi connectivity index (χ2n) is 6.56. The summed E-state index contributed by atoms with van der Waals surface area (Å²) < 4.78 is 9.10. The van der Waals surface area contributed by atoms with Crippen LogP contribution in [0.15, 0.2) is 16.9 Å². The van der Waals surface area contributed by atoms with E-state index in [0.717, 1.165) is 35.6 Å². The third kappa shape index (κ3) is 2.12. The van der Waals surface area contributed by atoms with E-state index in [0.29, 0.717) is 17.3 Å². The number of methoxy groups -OCH3 is 1. The Bertz CT molecular complexity index is 982. The number of hydrogen-bond acceptors (Lipinski definition) is 4. The molecular weight excluding hydrogens is 304 g/mol. The average Bonchev–Trinajstić information content (AvgIpc) is 2.89. The SMILES string of the molecule is CCc1nc(C)c2c(=O)n(CC3CCC3)c3ccc(OC)nc3n12. The van der Waals surface area contributed by atoms with Gasteiger partial charge in [0.1, 0.15) is 11.3 Å². The fourth-order valence-electron chi connectivity index (χ4n) is 3.57. The maximum atomic E-state index is 13.2. The average molecular weight is 326 g/mol. The summed E-state index contributed by atoms with van der Waals surface area (Å²) >= 11 is 0. The van der Waals surface area contributed by atoms with Crippen molar-refractivity contribution in [2.75, 3.05) is 7.11 Å². The molecule has 0 atom stereocenters. The molecule has 0 aromatic carbocycles. The third-order valence-electron chi connectivity index (χ3n) is 5.09. The molecule has 0 amide bonds. The number of nitrogens with zero attached hydrogens (tertiary/aromatic N) is 4. The van der Waals surface area contributed by atoms with Crippen LogP contribution in [0, 0.1) is 12.8 Å². The normalized spacial score (nSPS) is 15.1. The van der Waals surface area contributed by atoms with Gasteiger partial charge < -0.3 is 9.30 Å². The predicted molar refractivity (Wildman–Crippen MR) is 92.8 cm³/mol. The standard InChI is InChI=1S/C18H22N4O2/c1-4-14-19-11(2)16-18(23)21(10-12-6-5-7-12)13-8-9-15(24-3)20-17(13)22(14)16/h8-9,12H,4-7,10H2,1-3H3. The molecule has 0 radical (unpaired) electrons. The number of imidazole rings is 1. The molecule has 3 aromatic rings. The van der Waals surface area contributed by atoms with Gasteiger partial charge in [0, 0.05) is 19.0 Å². The summed E-state index contributed by atoms with van der Waals surface area (Å²) in [5.74, 6) is 2.00. The molecule has 1 aliphatic rings. The molecule has 3 heterocycles. The van der Waals surface area contributed by atoms with Crippen molar-refractivity contribution in [1.29, 1.82) is 0 Å². The molecule has 0 saturated heterocycles. The third-order valence-corrected chi connectivity index (χ3v) is 5.09. The fraction of sp³-hybridized carbons (Fsp3) is 0.500. The van der Waals surface area contributed by atoms with Crippen molar-refractivity contribution in [2.45, 2.75) is 46.1 Å². The Morgan fingerprint density at radius 3 is 2.71 bits per heavy atom. The van der Waals surface area contributed by atoms with Crippen molar-refractivity contribution in [2.24, 2.45) is 5.92 Å². The molecule has 0 spiro atoms. The smallest absolute Gasteiger partial charge is 0.277 e. The second kappa shape index (κ2) is 5.61. The Balaban J connectivity index is 2.11. The number of aryl methyl sites for hydroxylation is 2. The Morgan fingerprint density at radius 2 is 2.08 bits per heavy atom. The topological polar surface area (TPSA) is 61.4 Å². The second-order valence-corrected chi connectivity index (χ2v) is 6.56.